The van der Waals surface area contributed by atoms with Gasteiger partial charge in [-0.3, -0.25) is 14.2 Å². The second-order valence-corrected chi connectivity index (χ2v) is 11.9. The third-order valence-corrected chi connectivity index (χ3v) is 8.62. The third kappa shape index (κ3) is 6.61. The molecule has 0 aliphatic carbocycles. The Bertz CT molecular complexity index is 2340. The first-order valence-electron chi connectivity index (χ1n) is 16.2. The number of phenolic OH excluding ortho intramolecular Hbond substituents is 1. The Hall–Kier alpha value is -6.13. The highest BCUT2D eigenvalue weighted by atomic mass is 19.1. The first-order valence-corrected chi connectivity index (χ1v) is 16.2. The molecule has 3 aromatic heterocycles. The summed E-state index contributed by atoms with van der Waals surface area (Å²) in [5.74, 6) is 6.51. The van der Waals surface area contributed by atoms with Gasteiger partial charge in [-0.15, -0.1) is 0 Å². The van der Waals surface area contributed by atoms with Crippen molar-refractivity contribution in [1.29, 1.82) is 0 Å². The van der Waals surface area contributed by atoms with E-state index >= 15 is 0 Å². The highest BCUT2D eigenvalue weighted by Crippen LogP contribution is 2.31. The van der Waals surface area contributed by atoms with Crippen molar-refractivity contribution in [2.75, 3.05) is 32.0 Å². The van der Waals surface area contributed by atoms with E-state index in [0.717, 1.165) is 0 Å². The van der Waals surface area contributed by atoms with Crippen LogP contribution in [0.5, 0.6) is 5.75 Å². The Kier molecular flexibility index (Phi) is 9.18. The predicted molar refractivity (Wildman–Crippen MR) is 186 cm³/mol. The standard InChI is InChI=1S/C37H33FN8O4/c38-28-10-5-4-8-26(28)21-45-30(22-46-36-33(35(39)40-23-41-36)34(43-46)25-13-15-27(47)16-14-25)42-29-11-6-9-24(32(29)37(45)49)7-2-1-3-12-31(48)44-17-19-50-20-18-44/h4-6,8-11,13-16,23,47H,1,3,12,17-22H2,(H2,39,40,41). The molecular formula is C37H33FN8O4. The van der Waals surface area contributed by atoms with Crippen molar-refractivity contribution in [2.24, 2.45) is 0 Å². The van der Waals surface area contributed by atoms with E-state index in [1.807, 2.05) is 4.90 Å². The van der Waals surface area contributed by atoms with Gasteiger partial charge in [0.2, 0.25) is 5.91 Å². The summed E-state index contributed by atoms with van der Waals surface area (Å²) in [4.78, 5) is 42.2. The van der Waals surface area contributed by atoms with Crippen molar-refractivity contribution < 1.29 is 19.0 Å². The van der Waals surface area contributed by atoms with E-state index in [1.165, 1.54) is 17.0 Å². The molecule has 7 rings (SSSR count). The van der Waals surface area contributed by atoms with E-state index in [4.69, 9.17) is 20.6 Å². The molecule has 1 aliphatic heterocycles. The number of aromatic nitrogens is 6. The number of benzene rings is 3. The monoisotopic (exact) mass is 672 g/mol. The van der Waals surface area contributed by atoms with Crippen LogP contribution in [0.25, 0.3) is 33.2 Å². The summed E-state index contributed by atoms with van der Waals surface area (Å²) in [7, 11) is 0. The summed E-state index contributed by atoms with van der Waals surface area (Å²) in [6.07, 6.45) is 2.78. The number of phenols is 1. The van der Waals surface area contributed by atoms with Gasteiger partial charge in [0, 0.05) is 42.6 Å². The highest BCUT2D eigenvalue weighted by Gasteiger charge is 2.21. The molecular weight excluding hydrogens is 639 g/mol. The number of nitrogen functional groups attached to an aromatic ring is 1. The van der Waals surface area contributed by atoms with Crippen LogP contribution in [0.2, 0.25) is 0 Å². The quantitative estimate of drug-likeness (QED) is 0.180. The van der Waals surface area contributed by atoms with Crippen LogP contribution in [0, 0.1) is 17.7 Å². The van der Waals surface area contributed by atoms with Gasteiger partial charge in [0.15, 0.2) is 5.65 Å². The van der Waals surface area contributed by atoms with Crippen LogP contribution in [0.1, 0.15) is 36.2 Å². The Morgan fingerprint density at radius 3 is 2.58 bits per heavy atom. The van der Waals surface area contributed by atoms with Gasteiger partial charge in [-0.1, -0.05) is 36.1 Å². The number of carbonyl (C=O) groups is 1. The summed E-state index contributed by atoms with van der Waals surface area (Å²) in [6.45, 7) is 2.23. The van der Waals surface area contributed by atoms with Crippen molar-refractivity contribution >= 4 is 33.7 Å². The van der Waals surface area contributed by atoms with Gasteiger partial charge >= 0.3 is 0 Å². The maximum absolute atomic E-state index is 15.0. The van der Waals surface area contributed by atoms with Gasteiger partial charge in [0.25, 0.3) is 5.56 Å². The number of rotatable bonds is 8. The van der Waals surface area contributed by atoms with Crippen LogP contribution in [0.3, 0.4) is 0 Å². The van der Waals surface area contributed by atoms with Gasteiger partial charge in [-0.25, -0.2) is 24.0 Å². The first kappa shape index (κ1) is 32.4. The number of halogens is 1. The normalized spacial score (nSPS) is 13.0. The number of nitrogens with two attached hydrogens (primary N) is 1. The lowest BCUT2D eigenvalue weighted by atomic mass is 10.1. The number of hydrogen-bond acceptors (Lipinski definition) is 9. The van der Waals surface area contributed by atoms with Gasteiger partial charge in [-0.05, 0) is 48.9 Å². The van der Waals surface area contributed by atoms with E-state index in [0.29, 0.717) is 95.7 Å². The van der Waals surface area contributed by atoms with Gasteiger partial charge < -0.3 is 20.5 Å². The number of anilines is 1. The minimum Gasteiger partial charge on any atom is -0.508 e. The zero-order valence-corrected chi connectivity index (χ0v) is 27.0. The van der Waals surface area contributed by atoms with Gasteiger partial charge in [0.1, 0.15) is 41.8 Å². The minimum absolute atomic E-state index is 0.00224. The minimum atomic E-state index is -0.454. The Morgan fingerprint density at radius 1 is 0.980 bits per heavy atom. The maximum atomic E-state index is 15.0. The molecule has 0 unspecified atom stereocenters. The summed E-state index contributed by atoms with van der Waals surface area (Å²) in [5, 5.41) is 15.5. The molecule has 1 fully saturated rings. The van der Waals surface area contributed by atoms with Crippen molar-refractivity contribution in [3.8, 4) is 28.8 Å². The molecule has 12 nitrogen and oxygen atoms in total. The van der Waals surface area contributed by atoms with Gasteiger partial charge in [0.05, 0.1) is 36.0 Å². The number of hydrogen-bond donors (Lipinski definition) is 2. The van der Waals surface area contributed by atoms with Crippen LogP contribution in [0.15, 0.2) is 77.9 Å². The Labute approximate surface area is 286 Å². The molecule has 0 atom stereocenters. The van der Waals surface area contributed by atoms with Crippen molar-refractivity contribution in [2.45, 2.75) is 32.4 Å². The van der Waals surface area contributed by atoms with E-state index in [2.05, 4.69) is 21.8 Å². The molecule has 0 bridgehead atoms. The van der Waals surface area contributed by atoms with E-state index in [-0.39, 0.29) is 36.1 Å². The lowest BCUT2D eigenvalue weighted by Crippen LogP contribution is -2.40. The second kappa shape index (κ2) is 14.2. The largest absolute Gasteiger partial charge is 0.508 e. The van der Waals surface area contributed by atoms with Crippen molar-refractivity contribution in [3.63, 3.8) is 0 Å². The van der Waals surface area contributed by atoms with Gasteiger partial charge in [-0.2, -0.15) is 5.10 Å². The lowest BCUT2D eigenvalue weighted by Gasteiger charge is -2.26. The van der Waals surface area contributed by atoms with Crippen molar-refractivity contribution in [3.05, 3.63) is 106 Å². The Morgan fingerprint density at radius 2 is 1.78 bits per heavy atom. The number of ether oxygens (including phenoxy) is 1. The van der Waals surface area contributed by atoms with Crippen LogP contribution < -0.4 is 11.3 Å². The van der Waals surface area contributed by atoms with E-state index in [1.54, 1.807) is 65.3 Å². The lowest BCUT2D eigenvalue weighted by molar-refractivity contribution is -0.135. The highest BCUT2D eigenvalue weighted by molar-refractivity contribution is 5.98. The fourth-order valence-electron chi connectivity index (χ4n) is 6.05. The van der Waals surface area contributed by atoms with Crippen LogP contribution in [-0.2, 0) is 22.6 Å². The topological polar surface area (TPSA) is 154 Å². The number of carbonyl (C=O) groups excluding carboxylic acids is 1. The molecule has 6 aromatic rings. The molecule has 1 amide bonds. The molecule has 50 heavy (non-hydrogen) atoms. The average molecular weight is 673 g/mol. The molecule has 0 spiro atoms. The predicted octanol–water partition coefficient (Wildman–Crippen LogP) is 4.11. The average Bonchev–Trinajstić information content (AvgIpc) is 3.50. The number of amides is 1. The molecule has 13 heteroatoms. The second-order valence-electron chi connectivity index (χ2n) is 11.9. The number of aromatic hydroxyl groups is 1. The van der Waals surface area contributed by atoms with E-state index in [9.17, 15) is 19.1 Å². The molecule has 252 valence electrons. The molecule has 4 heterocycles. The molecule has 3 N–H and O–H groups in total. The van der Waals surface area contributed by atoms with Crippen LogP contribution >= 0.6 is 0 Å². The smallest absolute Gasteiger partial charge is 0.263 e. The first-order chi connectivity index (χ1) is 24.4. The molecule has 1 saturated heterocycles. The third-order valence-electron chi connectivity index (χ3n) is 8.62. The zero-order chi connectivity index (χ0) is 34.6. The summed E-state index contributed by atoms with van der Waals surface area (Å²) >= 11 is 0. The van der Waals surface area contributed by atoms with Crippen LogP contribution in [-0.4, -0.2) is 71.5 Å². The molecule has 3 aromatic carbocycles. The fourth-order valence-corrected chi connectivity index (χ4v) is 6.05. The van der Waals surface area contributed by atoms with Crippen LogP contribution in [0.4, 0.5) is 10.2 Å². The SMILES string of the molecule is Nc1ncnc2c1c(-c1ccc(O)cc1)nn2Cc1nc2cccc(C#CCCCC(=O)N3CCOCC3)c2c(=O)n1Cc1ccccc1F. The zero-order valence-electron chi connectivity index (χ0n) is 27.0. The number of morpholine rings is 1. The molecule has 1 aliphatic rings. The number of nitrogens with zero attached hydrogens (tertiary/aromatic N) is 7. The maximum Gasteiger partial charge on any atom is 0.263 e. The van der Waals surface area contributed by atoms with Crippen molar-refractivity contribution in [1.82, 2.24) is 34.2 Å². The number of unbranched alkanes of at least 4 members (excludes halogenated alkanes) is 1. The Balaban J connectivity index is 1.26. The summed E-state index contributed by atoms with van der Waals surface area (Å²) < 4.78 is 23.3. The summed E-state index contributed by atoms with van der Waals surface area (Å²) in [5.41, 5.74) is 8.73. The fraction of sp³-hybridized carbons (Fsp3) is 0.243. The number of fused-ring (bicyclic) bond motifs is 2. The molecule has 0 saturated carbocycles. The van der Waals surface area contributed by atoms with E-state index < -0.39 is 5.82 Å². The molecule has 0 radical (unpaired) electrons. The summed E-state index contributed by atoms with van der Waals surface area (Å²) in [6, 6.07) is 18.1.